The molecular formula is C30H59OP. The molecule has 0 aliphatic carbocycles. The van der Waals surface area contributed by atoms with Crippen molar-refractivity contribution in [2.75, 3.05) is 18.5 Å². The van der Waals surface area contributed by atoms with Gasteiger partial charge in [0.05, 0.1) is 0 Å². The number of allylic oxidation sites excluding steroid dienone is 1. The van der Waals surface area contributed by atoms with Gasteiger partial charge >= 0.3 is 0 Å². The first kappa shape index (κ1) is 31.8. The van der Waals surface area contributed by atoms with E-state index < -0.39 is 0 Å². The molecule has 0 aliphatic rings. The third kappa shape index (κ3) is 23.0. The van der Waals surface area contributed by atoms with E-state index in [2.05, 4.69) is 20.4 Å². The zero-order chi connectivity index (χ0) is 23.7. The fourth-order valence-electron chi connectivity index (χ4n) is 4.45. The minimum atomic E-state index is 0.0510. The Labute approximate surface area is 204 Å². The second kappa shape index (κ2) is 25.5. The molecule has 0 heterocycles. The van der Waals surface area contributed by atoms with Gasteiger partial charge < -0.3 is 0 Å². The van der Waals surface area contributed by atoms with Crippen molar-refractivity contribution >= 4 is 13.7 Å². The van der Waals surface area contributed by atoms with Crippen molar-refractivity contribution in [1.29, 1.82) is 0 Å². The Kier molecular flexibility index (Phi) is 25.3. The smallest absolute Gasteiger partial charge is 0.158 e. The highest BCUT2D eigenvalue weighted by Gasteiger charge is 2.11. The number of rotatable bonds is 26. The fourth-order valence-corrected chi connectivity index (χ4v) is 6.99. The quantitative estimate of drug-likeness (QED) is 0.0703. The predicted molar refractivity (Wildman–Crippen MR) is 150 cm³/mol. The second-order valence-electron chi connectivity index (χ2n) is 10.2. The van der Waals surface area contributed by atoms with Gasteiger partial charge in [0.15, 0.2) is 5.78 Å². The highest BCUT2D eigenvalue weighted by atomic mass is 31.1. The molecule has 0 saturated heterocycles. The van der Waals surface area contributed by atoms with Gasteiger partial charge in [-0.15, -0.1) is 7.92 Å². The van der Waals surface area contributed by atoms with Crippen molar-refractivity contribution in [1.82, 2.24) is 0 Å². The summed E-state index contributed by atoms with van der Waals surface area (Å²) in [4.78, 5) is 12.0. The Balaban J connectivity index is 3.86. The number of hydrogen-bond acceptors (Lipinski definition) is 1. The van der Waals surface area contributed by atoms with Crippen LogP contribution in [0.15, 0.2) is 12.2 Å². The van der Waals surface area contributed by atoms with E-state index in [4.69, 9.17) is 0 Å². The summed E-state index contributed by atoms with van der Waals surface area (Å²) >= 11 is 0. The van der Waals surface area contributed by atoms with Gasteiger partial charge in [0.2, 0.25) is 0 Å². The monoisotopic (exact) mass is 466 g/mol. The topological polar surface area (TPSA) is 17.1 Å². The Morgan fingerprint density at radius 3 is 1.16 bits per heavy atom. The van der Waals surface area contributed by atoms with E-state index >= 15 is 0 Å². The Bertz CT molecular complexity index is 393. The van der Waals surface area contributed by atoms with Gasteiger partial charge in [-0.3, -0.25) is 4.79 Å². The van der Waals surface area contributed by atoms with Crippen LogP contribution in [0.2, 0.25) is 0 Å². The van der Waals surface area contributed by atoms with Crippen molar-refractivity contribution in [2.24, 2.45) is 0 Å². The lowest BCUT2D eigenvalue weighted by atomic mass is 10.1. The molecule has 2 heteroatoms. The van der Waals surface area contributed by atoms with Crippen LogP contribution in [0.3, 0.4) is 0 Å². The molecule has 0 fully saturated rings. The molecule has 190 valence electrons. The number of carbonyl (C=O) groups is 1. The average molecular weight is 467 g/mol. The molecular weight excluding hydrogens is 407 g/mol. The van der Waals surface area contributed by atoms with E-state index in [-0.39, 0.29) is 7.92 Å². The Morgan fingerprint density at radius 1 is 0.531 bits per heavy atom. The molecule has 0 saturated carbocycles. The molecule has 0 spiro atoms. The van der Waals surface area contributed by atoms with Crippen LogP contribution in [-0.2, 0) is 4.79 Å². The van der Waals surface area contributed by atoms with Gasteiger partial charge in [-0.2, -0.15) is 0 Å². The summed E-state index contributed by atoms with van der Waals surface area (Å²) in [5, 5.41) is 0. The molecule has 1 nitrogen and oxygen atoms in total. The van der Waals surface area contributed by atoms with Gasteiger partial charge in [0, 0.05) is 6.42 Å². The SMILES string of the molecule is C=C(C)C(=O)CCP(CCCCCCCCCCCC)CCCCCCCCCCCC. The zero-order valence-corrected chi connectivity index (χ0v) is 23.4. The van der Waals surface area contributed by atoms with Crippen LogP contribution in [0.5, 0.6) is 0 Å². The predicted octanol–water partition coefficient (Wildman–Crippen LogP) is 10.8. The summed E-state index contributed by atoms with van der Waals surface area (Å²) in [6.45, 7) is 10.3. The highest BCUT2D eigenvalue weighted by Crippen LogP contribution is 2.39. The lowest BCUT2D eigenvalue weighted by Crippen LogP contribution is -2.04. The molecule has 0 bridgehead atoms. The minimum absolute atomic E-state index is 0.0510. The molecule has 32 heavy (non-hydrogen) atoms. The molecule has 0 aromatic heterocycles. The van der Waals surface area contributed by atoms with Crippen molar-refractivity contribution in [3.63, 3.8) is 0 Å². The first-order valence-corrected chi connectivity index (χ1v) is 16.4. The summed E-state index contributed by atoms with van der Waals surface area (Å²) in [6.07, 6.45) is 33.0. The van der Waals surface area contributed by atoms with Gasteiger partial charge in [0.1, 0.15) is 0 Å². The van der Waals surface area contributed by atoms with E-state index in [1.54, 1.807) is 0 Å². The van der Waals surface area contributed by atoms with Crippen molar-refractivity contribution in [3.05, 3.63) is 12.2 Å². The van der Waals surface area contributed by atoms with Gasteiger partial charge in [-0.1, -0.05) is 136 Å². The molecule has 0 N–H and O–H groups in total. The van der Waals surface area contributed by atoms with Crippen LogP contribution >= 0.6 is 7.92 Å². The van der Waals surface area contributed by atoms with Crippen molar-refractivity contribution in [3.8, 4) is 0 Å². The van der Waals surface area contributed by atoms with E-state index in [9.17, 15) is 4.79 Å². The third-order valence-corrected chi connectivity index (χ3v) is 9.54. The molecule has 0 aliphatic heterocycles. The molecule has 0 rings (SSSR count). The molecule has 0 amide bonds. The lowest BCUT2D eigenvalue weighted by Gasteiger charge is -2.17. The maximum Gasteiger partial charge on any atom is 0.158 e. The van der Waals surface area contributed by atoms with Crippen LogP contribution in [0.1, 0.15) is 156 Å². The maximum atomic E-state index is 12.0. The molecule has 0 unspecified atom stereocenters. The summed E-state index contributed by atoms with van der Waals surface area (Å²) in [5.74, 6) is 0.295. The molecule has 0 aromatic rings. The Hall–Kier alpha value is -0.160. The van der Waals surface area contributed by atoms with Crippen molar-refractivity contribution in [2.45, 2.75) is 156 Å². The normalized spacial score (nSPS) is 11.4. The van der Waals surface area contributed by atoms with E-state index in [0.29, 0.717) is 5.78 Å². The van der Waals surface area contributed by atoms with Gasteiger partial charge in [0.25, 0.3) is 0 Å². The number of ketones is 1. The maximum absolute atomic E-state index is 12.0. The van der Waals surface area contributed by atoms with Crippen molar-refractivity contribution < 1.29 is 4.79 Å². The van der Waals surface area contributed by atoms with Crippen LogP contribution in [0.25, 0.3) is 0 Å². The summed E-state index contributed by atoms with van der Waals surface area (Å²) in [5.41, 5.74) is 0.748. The second-order valence-corrected chi connectivity index (χ2v) is 12.8. The van der Waals surface area contributed by atoms with E-state index in [1.807, 2.05) is 6.92 Å². The summed E-state index contributed by atoms with van der Waals surface area (Å²) in [6, 6.07) is 0. The van der Waals surface area contributed by atoms with Crippen LogP contribution in [-0.4, -0.2) is 24.3 Å². The van der Waals surface area contributed by atoms with Gasteiger partial charge in [-0.05, 0) is 43.8 Å². The van der Waals surface area contributed by atoms with E-state index in [0.717, 1.165) is 18.2 Å². The minimum Gasteiger partial charge on any atom is -0.295 e. The van der Waals surface area contributed by atoms with Crippen LogP contribution in [0.4, 0.5) is 0 Å². The Morgan fingerprint density at radius 2 is 0.844 bits per heavy atom. The number of carbonyl (C=O) groups excluding carboxylic acids is 1. The average Bonchev–Trinajstić information content (AvgIpc) is 2.78. The first-order valence-electron chi connectivity index (χ1n) is 14.5. The number of Topliss-reactive ketones (excluding diaryl/α,β-unsaturated/α-hetero) is 1. The van der Waals surface area contributed by atoms with Crippen LogP contribution < -0.4 is 0 Å². The number of hydrogen-bond donors (Lipinski definition) is 0. The molecule has 0 atom stereocenters. The number of unbranched alkanes of at least 4 members (excludes halogenated alkanes) is 18. The van der Waals surface area contributed by atoms with Crippen LogP contribution in [0, 0.1) is 0 Å². The summed E-state index contributed by atoms with van der Waals surface area (Å²) in [7, 11) is 0.0510. The fraction of sp³-hybridized carbons (Fsp3) is 0.900. The third-order valence-electron chi connectivity index (χ3n) is 6.79. The first-order chi connectivity index (χ1) is 15.6. The largest absolute Gasteiger partial charge is 0.295 e. The molecule has 0 radical (unpaired) electrons. The lowest BCUT2D eigenvalue weighted by molar-refractivity contribution is -0.115. The highest BCUT2D eigenvalue weighted by molar-refractivity contribution is 7.57. The zero-order valence-electron chi connectivity index (χ0n) is 22.5. The van der Waals surface area contributed by atoms with Gasteiger partial charge in [-0.25, -0.2) is 0 Å². The standard InChI is InChI=1S/C30H59OP/c1-5-7-9-11-13-15-17-19-21-23-26-32(28-25-30(31)29(3)4)27-24-22-20-18-16-14-12-10-8-6-2/h3,5-28H2,1-2,4H3. The molecule has 0 aromatic carbocycles. The van der Waals surface area contributed by atoms with E-state index in [1.165, 1.54) is 141 Å². The summed E-state index contributed by atoms with van der Waals surface area (Å²) < 4.78 is 0.